The van der Waals surface area contributed by atoms with E-state index in [2.05, 4.69) is 15.3 Å². The highest BCUT2D eigenvalue weighted by molar-refractivity contribution is 6.05. The van der Waals surface area contributed by atoms with Crippen LogP contribution in [-0.4, -0.2) is 15.9 Å². The molecule has 0 aliphatic rings. The van der Waals surface area contributed by atoms with Gasteiger partial charge in [0.15, 0.2) is 0 Å². The number of carbonyl (C=O) groups excluding carboxylic acids is 1. The van der Waals surface area contributed by atoms with Crippen molar-refractivity contribution in [1.29, 1.82) is 0 Å². The van der Waals surface area contributed by atoms with Crippen molar-refractivity contribution < 1.29 is 9.53 Å². The van der Waals surface area contributed by atoms with Gasteiger partial charge < -0.3 is 10.1 Å². The molecule has 2 heterocycles. The summed E-state index contributed by atoms with van der Waals surface area (Å²) in [4.78, 5) is 21.0. The van der Waals surface area contributed by atoms with Crippen LogP contribution in [0.5, 0.6) is 11.5 Å². The maximum Gasteiger partial charge on any atom is 0.255 e. The third kappa shape index (κ3) is 3.77. The minimum absolute atomic E-state index is 0.216. The number of ether oxygens (including phenoxy) is 1. The summed E-state index contributed by atoms with van der Waals surface area (Å²) in [5, 5.41) is 3.87. The second-order valence-corrected chi connectivity index (χ2v) is 6.14. The lowest BCUT2D eigenvalue weighted by atomic mass is 10.1. The van der Waals surface area contributed by atoms with E-state index < -0.39 is 0 Å². The van der Waals surface area contributed by atoms with Crippen molar-refractivity contribution in [1.82, 2.24) is 9.97 Å². The van der Waals surface area contributed by atoms with Gasteiger partial charge in [0.2, 0.25) is 0 Å². The first kappa shape index (κ1) is 16.7. The van der Waals surface area contributed by atoms with Gasteiger partial charge in [-0.2, -0.15) is 0 Å². The fraction of sp³-hybridized carbons (Fsp3) is 0.0455. The molecule has 5 heteroatoms. The lowest BCUT2D eigenvalue weighted by Gasteiger charge is -2.11. The molecule has 0 spiro atoms. The normalized spacial score (nSPS) is 10.6. The van der Waals surface area contributed by atoms with Gasteiger partial charge in [-0.15, -0.1) is 0 Å². The fourth-order valence-electron chi connectivity index (χ4n) is 2.73. The van der Waals surface area contributed by atoms with Crippen LogP contribution in [-0.2, 0) is 0 Å². The molecule has 132 valence electrons. The van der Waals surface area contributed by atoms with Crippen molar-refractivity contribution in [2.24, 2.45) is 0 Å². The van der Waals surface area contributed by atoms with Crippen molar-refractivity contribution in [2.75, 3.05) is 5.32 Å². The Balaban J connectivity index is 1.56. The third-order valence-electron chi connectivity index (χ3n) is 4.18. The Morgan fingerprint density at radius 1 is 1.00 bits per heavy atom. The van der Waals surface area contributed by atoms with Crippen molar-refractivity contribution in [3.05, 3.63) is 90.4 Å². The molecule has 0 bridgehead atoms. The Morgan fingerprint density at radius 2 is 1.81 bits per heavy atom. The molecule has 1 amide bonds. The number of amides is 1. The number of anilines is 1. The Kier molecular flexibility index (Phi) is 4.49. The predicted octanol–water partition coefficient (Wildman–Crippen LogP) is 4.98. The van der Waals surface area contributed by atoms with Gasteiger partial charge in [0.1, 0.15) is 11.5 Å². The fourth-order valence-corrected chi connectivity index (χ4v) is 2.73. The number of aryl methyl sites for hydroxylation is 1. The van der Waals surface area contributed by atoms with Gasteiger partial charge in [-0.1, -0.05) is 24.3 Å². The number of nitrogens with zero attached hydrogens (tertiary/aromatic N) is 2. The van der Waals surface area contributed by atoms with Crippen LogP contribution in [0.15, 0.2) is 79.3 Å². The van der Waals surface area contributed by atoms with Gasteiger partial charge in [0, 0.05) is 23.3 Å². The average molecular weight is 355 g/mol. The summed E-state index contributed by atoms with van der Waals surface area (Å²) in [6.07, 6.45) is 4.98. The van der Waals surface area contributed by atoms with E-state index in [4.69, 9.17) is 4.74 Å². The zero-order valence-electron chi connectivity index (χ0n) is 14.7. The van der Waals surface area contributed by atoms with Gasteiger partial charge in [0.05, 0.1) is 17.4 Å². The number of nitrogens with one attached hydrogen (secondary N) is 1. The van der Waals surface area contributed by atoms with Gasteiger partial charge in [-0.3, -0.25) is 14.8 Å². The van der Waals surface area contributed by atoms with Crippen LogP contribution in [0.4, 0.5) is 5.69 Å². The number of pyridine rings is 2. The number of hydrogen-bond donors (Lipinski definition) is 1. The molecule has 0 saturated carbocycles. The highest BCUT2D eigenvalue weighted by Crippen LogP contribution is 2.26. The molecule has 5 nitrogen and oxygen atoms in total. The number of fused-ring (bicyclic) bond motifs is 1. The van der Waals surface area contributed by atoms with E-state index in [1.54, 1.807) is 42.9 Å². The zero-order chi connectivity index (χ0) is 18.6. The Hall–Kier alpha value is -3.73. The lowest BCUT2D eigenvalue weighted by molar-refractivity contribution is 0.102. The summed E-state index contributed by atoms with van der Waals surface area (Å²) in [5.74, 6) is 1.08. The molecule has 2 aromatic carbocycles. The maximum absolute atomic E-state index is 12.7. The molecule has 2 aromatic heterocycles. The number of para-hydroxylation sites is 1. The Labute approximate surface area is 156 Å². The van der Waals surface area contributed by atoms with Gasteiger partial charge in [-0.25, -0.2) is 0 Å². The van der Waals surface area contributed by atoms with Gasteiger partial charge >= 0.3 is 0 Å². The largest absolute Gasteiger partial charge is 0.457 e. The standard InChI is InChI=1S/C22H17N3O2/c1-15-6-7-17(13-21(15)27-19-8-10-23-11-9-19)22(26)25-18-12-16-4-2-3-5-20(16)24-14-18/h2-14H,1H3,(H,25,26). The Morgan fingerprint density at radius 3 is 2.67 bits per heavy atom. The minimum Gasteiger partial charge on any atom is -0.457 e. The highest BCUT2D eigenvalue weighted by atomic mass is 16.5. The van der Waals surface area contributed by atoms with E-state index in [0.29, 0.717) is 22.7 Å². The second-order valence-electron chi connectivity index (χ2n) is 6.14. The molecule has 0 fully saturated rings. The molecule has 0 saturated heterocycles. The number of rotatable bonds is 4. The van der Waals surface area contributed by atoms with E-state index >= 15 is 0 Å². The summed E-state index contributed by atoms with van der Waals surface area (Å²) in [7, 11) is 0. The molecule has 0 aliphatic carbocycles. The smallest absolute Gasteiger partial charge is 0.255 e. The van der Waals surface area contributed by atoms with Crippen molar-refractivity contribution in [3.8, 4) is 11.5 Å². The van der Waals surface area contributed by atoms with Gasteiger partial charge in [0.25, 0.3) is 5.91 Å². The number of aromatic nitrogens is 2. The highest BCUT2D eigenvalue weighted by Gasteiger charge is 2.11. The van der Waals surface area contributed by atoms with Crippen LogP contribution in [0.1, 0.15) is 15.9 Å². The van der Waals surface area contributed by atoms with Gasteiger partial charge in [-0.05, 0) is 48.9 Å². The van der Waals surface area contributed by atoms with E-state index in [0.717, 1.165) is 16.5 Å². The molecule has 4 aromatic rings. The van der Waals surface area contributed by atoms with Crippen LogP contribution in [0.25, 0.3) is 10.9 Å². The van der Waals surface area contributed by atoms with Crippen LogP contribution < -0.4 is 10.1 Å². The monoisotopic (exact) mass is 355 g/mol. The molecular weight excluding hydrogens is 338 g/mol. The summed E-state index contributed by atoms with van der Waals surface area (Å²) in [6, 6.07) is 18.6. The van der Waals surface area contributed by atoms with Crippen LogP contribution in [0.3, 0.4) is 0 Å². The second kappa shape index (κ2) is 7.25. The molecule has 4 rings (SSSR count). The first-order valence-electron chi connectivity index (χ1n) is 8.54. The summed E-state index contributed by atoms with van der Waals surface area (Å²) in [5.41, 5.74) is 2.99. The quantitative estimate of drug-likeness (QED) is 0.560. The van der Waals surface area contributed by atoms with Crippen LogP contribution in [0.2, 0.25) is 0 Å². The SMILES string of the molecule is Cc1ccc(C(=O)Nc2cnc3ccccc3c2)cc1Oc1ccncc1. The number of benzene rings is 2. The molecule has 0 radical (unpaired) electrons. The molecule has 0 aliphatic heterocycles. The third-order valence-corrected chi connectivity index (χ3v) is 4.18. The number of carbonyl (C=O) groups is 1. The van der Waals surface area contributed by atoms with E-state index in [1.807, 2.05) is 43.3 Å². The predicted molar refractivity (Wildman–Crippen MR) is 105 cm³/mol. The van der Waals surface area contributed by atoms with Crippen LogP contribution in [0, 0.1) is 6.92 Å². The van der Waals surface area contributed by atoms with Crippen molar-refractivity contribution in [2.45, 2.75) is 6.92 Å². The minimum atomic E-state index is -0.216. The van der Waals surface area contributed by atoms with E-state index in [-0.39, 0.29) is 5.91 Å². The summed E-state index contributed by atoms with van der Waals surface area (Å²) >= 11 is 0. The summed E-state index contributed by atoms with van der Waals surface area (Å²) in [6.45, 7) is 1.94. The van der Waals surface area contributed by atoms with Crippen LogP contribution >= 0.6 is 0 Å². The summed E-state index contributed by atoms with van der Waals surface area (Å²) < 4.78 is 5.88. The topological polar surface area (TPSA) is 64.1 Å². The molecular formula is C22H17N3O2. The van der Waals surface area contributed by atoms with E-state index in [9.17, 15) is 4.79 Å². The first-order valence-corrected chi connectivity index (χ1v) is 8.54. The lowest BCUT2D eigenvalue weighted by Crippen LogP contribution is -2.12. The molecule has 1 N–H and O–H groups in total. The van der Waals surface area contributed by atoms with Crippen molar-refractivity contribution in [3.63, 3.8) is 0 Å². The average Bonchev–Trinajstić information content (AvgIpc) is 2.70. The Bertz CT molecular complexity index is 1110. The molecule has 27 heavy (non-hydrogen) atoms. The van der Waals surface area contributed by atoms with E-state index in [1.165, 1.54) is 0 Å². The van der Waals surface area contributed by atoms with Crippen molar-refractivity contribution >= 4 is 22.5 Å². The number of hydrogen-bond acceptors (Lipinski definition) is 4. The maximum atomic E-state index is 12.7. The molecule has 0 atom stereocenters. The zero-order valence-corrected chi connectivity index (χ0v) is 14.7. The first-order chi connectivity index (χ1) is 13.2. The molecule has 0 unspecified atom stereocenters.